The summed E-state index contributed by atoms with van der Waals surface area (Å²) in [5.41, 5.74) is 0.0866. The first kappa shape index (κ1) is 15.3. The zero-order valence-corrected chi connectivity index (χ0v) is 11.8. The van der Waals surface area contributed by atoms with Crippen LogP contribution in [-0.2, 0) is 11.3 Å². The maximum Gasteiger partial charge on any atom is 0.358 e. The van der Waals surface area contributed by atoms with Gasteiger partial charge in [-0.05, 0) is 12.1 Å². The van der Waals surface area contributed by atoms with Gasteiger partial charge in [0, 0.05) is 11.6 Å². The van der Waals surface area contributed by atoms with Gasteiger partial charge in [-0.25, -0.2) is 9.48 Å². The Morgan fingerprint density at radius 1 is 1.14 bits per heavy atom. The highest BCUT2D eigenvalue weighted by atomic mass is 16.5. The summed E-state index contributed by atoms with van der Waals surface area (Å²) in [5.74, 6) is -1.63. The van der Waals surface area contributed by atoms with E-state index in [0.717, 1.165) is 4.68 Å². The normalized spacial score (nSPS) is 10.3. The Morgan fingerprint density at radius 3 is 2.18 bits per heavy atom. The van der Waals surface area contributed by atoms with E-state index in [-0.39, 0.29) is 11.4 Å². The largest absolute Gasteiger partial charge is 0.497 e. The molecule has 1 aromatic carbocycles. The highest BCUT2D eigenvalue weighted by molar-refractivity contribution is 5.93. The Balaban J connectivity index is 2.66. The average molecular weight is 307 g/mol. The summed E-state index contributed by atoms with van der Waals surface area (Å²) in [7, 11) is 2.90. The number of rotatable bonds is 6. The minimum absolute atomic E-state index is 0.0621. The predicted molar refractivity (Wildman–Crippen MR) is 73.2 cm³/mol. The van der Waals surface area contributed by atoms with E-state index in [0.29, 0.717) is 17.1 Å². The second-order valence-electron chi connectivity index (χ2n) is 4.24. The van der Waals surface area contributed by atoms with Crippen LogP contribution in [0.5, 0.6) is 11.5 Å². The fourth-order valence-electron chi connectivity index (χ4n) is 1.93. The molecule has 0 saturated heterocycles. The molecule has 1 heterocycles. The minimum Gasteiger partial charge on any atom is -0.497 e. The summed E-state index contributed by atoms with van der Waals surface area (Å²) in [6.07, 6.45) is 0. The van der Waals surface area contributed by atoms with Gasteiger partial charge in [0.05, 0.1) is 14.2 Å². The zero-order chi connectivity index (χ0) is 16.3. The van der Waals surface area contributed by atoms with E-state index in [1.807, 2.05) is 0 Å². The van der Waals surface area contributed by atoms with Crippen molar-refractivity contribution in [3.05, 3.63) is 23.9 Å². The number of carboxylic acids is 2. The fourth-order valence-corrected chi connectivity index (χ4v) is 1.93. The van der Waals surface area contributed by atoms with Gasteiger partial charge in [0.25, 0.3) is 0 Å². The van der Waals surface area contributed by atoms with Gasteiger partial charge >= 0.3 is 11.9 Å². The summed E-state index contributed by atoms with van der Waals surface area (Å²) in [6, 6.07) is 4.70. The Labute approximate surface area is 124 Å². The SMILES string of the molecule is COc1cc(OC)cc(-c2c(C(=O)O)nnn2CC(=O)O)c1. The lowest BCUT2D eigenvalue weighted by Gasteiger charge is -2.10. The average Bonchev–Trinajstić information content (AvgIpc) is 2.89. The van der Waals surface area contributed by atoms with Crippen LogP contribution in [0.2, 0.25) is 0 Å². The molecule has 2 rings (SSSR count). The van der Waals surface area contributed by atoms with Crippen LogP contribution in [0.4, 0.5) is 0 Å². The maximum absolute atomic E-state index is 11.3. The molecule has 0 aliphatic rings. The predicted octanol–water partition coefficient (Wildman–Crippen LogP) is 0.745. The fraction of sp³-hybridized carbons (Fsp3) is 0.231. The maximum atomic E-state index is 11.3. The molecule has 9 heteroatoms. The van der Waals surface area contributed by atoms with Gasteiger partial charge in [-0.3, -0.25) is 4.79 Å². The van der Waals surface area contributed by atoms with Gasteiger partial charge in [-0.15, -0.1) is 5.10 Å². The molecular weight excluding hydrogens is 294 g/mol. The molecular formula is C13H13N3O6. The van der Waals surface area contributed by atoms with E-state index in [4.69, 9.17) is 14.6 Å². The molecule has 2 N–H and O–H groups in total. The molecule has 22 heavy (non-hydrogen) atoms. The lowest BCUT2D eigenvalue weighted by atomic mass is 10.1. The number of aromatic nitrogens is 3. The van der Waals surface area contributed by atoms with Crippen molar-refractivity contribution in [1.82, 2.24) is 15.0 Å². The topological polar surface area (TPSA) is 124 Å². The van der Waals surface area contributed by atoms with Crippen molar-refractivity contribution in [2.24, 2.45) is 0 Å². The van der Waals surface area contributed by atoms with Gasteiger partial charge in [0.2, 0.25) is 0 Å². The number of methoxy groups -OCH3 is 2. The number of carboxylic acid groups (broad SMARTS) is 2. The zero-order valence-electron chi connectivity index (χ0n) is 11.8. The Morgan fingerprint density at radius 2 is 1.73 bits per heavy atom. The molecule has 0 spiro atoms. The van der Waals surface area contributed by atoms with Crippen LogP contribution in [0.1, 0.15) is 10.5 Å². The molecule has 0 aliphatic carbocycles. The standard InChI is InChI=1S/C13H13N3O6/c1-21-8-3-7(4-9(5-8)22-2)12-11(13(19)20)14-15-16(12)6-10(17)18/h3-5H,6H2,1-2H3,(H,17,18)(H,19,20). The molecule has 0 radical (unpaired) electrons. The molecule has 0 aliphatic heterocycles. The van der Waals surface area contributed by atoms with Crippen LogP contribution in [-0.4, -0.2) is 51.4 Å². The number of nitrogens with zero attached hydrogens (tertiary/aromatic N) is 3. The molecule has 0 fully saturated rings. The highest BCUT2D eigenvalue weighted by Gasteiger charge is 2.22. The van der Waals surface area contributed by atoms with Crippen molar-refractivity contribution in [2.75, 3.05) is 14.2 Å². The molecule has 2 aromatic rings. The summed E-state index contributed by atoms with van der Waals surface area (Å²) in [5, 5.41) is 25.2. The summed E-state index contributed by atoms with van der Waals surface area (Å²) in [4.78, 5) is 22.2. The van der Waals surface area contributed by atoms with Crippen molar-refractivity contribution >= 4 is 11.9 Å². The first-order chi connectivity index (χ1) is 10.5. The number of hydrogen-bond donors (Lipinski definition) is 2. The minimum atomic E-state index is -1.31. The molecule has 1 aromatic heterocycles. The second kappa shape index (κ2) is 6.12. The van der Waals surface area contributed by atoms with Crippen LogP contribution in [0.3, 0.4) is 0 Å². The molecule has 0 bridgehead atoms. The lowest BCUT2D eigenvalue weighted by Crippen LogP contribution is -2.12. The summed E-state index contributed by atoms with van der Waals surface area (Å²) >= 11 is 0. The smallest absolute Gasteiger partial charge is 0.358 e. The van der Waals surface area contributed by atoms with Gasteiger partial charge in [-0.2, -0.15) is 0 Å². The Bertz CT molecular complexity index is 702. The van der Waals surface area contributed by atoms with E-state index in [9.17, 15) is 14.7 Å². The van der Waals surface area contributed by atoms with Crippen molar-refractivity contribution in [3.8, 4) is 22.8 Å². The number of ether oxygens (including phenoxy) is 2. The summed E-state index contributed by atoms with van der Waals surface area (Å²) in [6.45, 7) is -0.519. The number of aromatic carboxylic acids is 1. The third-order valence-electron chi connectivity index (χ3n) is 2.85. The van der Waals surface area contributed by atoms with Gasteiger partial charge < -0.3 is 19.7 Å². The van der Waals surface area contributed by atoms with E-state index < -0.39 is 18.5 Å². The Kier molecular flexibility index (Phi) is 4.25. The van der Waals surface area contributed by atoms with Crippen LogP contribution in [0, 0.1) is 0 Å². The van der Waals surface area contributed by atoms with Crippen LogP contribution < -0.4 is 9.47 Å². The van der Waals surface area contributed by atoms with E-state index >= 15 is 0 Å². The first-order valence-corrected chi connectivity index (χ1v) is 6.08. The molecule has 9 nitrogen and oxygen atoms in total. The Hall–Kier alpha value is -3.10. The highest BCUT2D eigenvalue weighted by Crippen LogP contribution is 2.31. The third-order valence-corrected chi connectivity index (χ3v) is 2.85. The molecule has 0 saturated carbocycles. The molecule has 0 atom stereocenters. The van der Waals surface area contributed by atoms with Gasteiger partial charge in [-0.1, -0.05) is 5.21 Å². The first-order valence-electron chi connectivity index (χ1n) is 6.08. The van der Waals surface area contributed by atoms with E-state index in [1.165, 1.54) is 14.2 Å². The monoisotopic (exact) mass is 307 g/mol. The van der Waals surface area contributed by atoms with Crippen molar-refractivity contribution in [3.63, 3.8) is 0 Å². The van der Waals surface area contributed by atoms with Crippen molar-refractivity contribution < 1.29 is 29.3 Å². The lowest BCUT2D eigenvalue weighted by molar-refractivity contribution is -0.137. The van der Waals surface area contributed by atoms with E-state index in [1.54, 1.807) is 18.2 Å². The molecule has 0 amide bonds. The summed E-state index contributed by atoms with van der Waals surface area (Å²) < 4.78 is 11.2. The third kappa shape index (κ3) is 2.97. The van der Waals surface area contributed by atoms with Gasteiger partial charge in [0.1, 0.15) is 23.7 Å². The van der Waals surface area contributed by atoms with Gasteiger partial charge in [0.15, 0.2) is 5.69 Å². The quantitative estimate of drug-likeness (QED) is 0.801. The van der Waals surface area contributed by atoms with Crippen molar-refractivity contribution in [1.29, 1.82) is 0 Å². The number of benzene rings is 1. The van der Waals surface area contributed by atoms with Crippen LogP contribution in [0.25, 0.3) is 11.3 Å². The van der Waals surface area contributed by atoms with E-state index in [2.05, 4.69) is 10.3 Å². The number of hydrogen-bond acceptors (Lipinski definition) is 6. The number of carbonyl (C=O) groups is 2. The van der Waals surface area contributed by atoms with Crippen molar-refractivity contribution in [2.45, 2.75) is 6.54 Å². The van der Waals surface area contributed by atoms with Crippen LogP contribution in [0.15, 0.2) is 18.2 Å². The molecule has 116 valence electrons. The van der Waals surface area contributed by atoms with Crippen LogP contribution >= 0.6 is 0 Å². The number of aliphatic carboxylic acids is 1. The second-order valence-corrected chi connectivity index (χ2v) is 4.24. The molecule has 0 unspecified atom stereocenters.